The van der Waals surface area contributed by atoms with Gasteiger partial charge in [0.1, 0.15) is 0 Å². The molecule has 1 nitrogen and oxygen atoms in total. The summed E-state index contributed by atoms with van der Waals surface area (Å²) in [4.78, 5) is 0. The number of hydrogen-bond donors (Lipinski definition) is 1. The van der Waals surface area contributed by atoms with E-state index in [1.807, 2.05) is 0 Å². The Morgan fingerprint density at radius 1 is 1.19 bits per heavy atom. The van der Waals surface area contributed by atoms with Gasteiger partial charge >= 0.3 is 0 Å². The van der Waals surface area contributed by atoms with Gasteiger partial charge in [-0.15, -0.1) is 0 Å². The normalized spacial score (nSPS) is 30.1. The molecule has 0 radical (unpaired) electrons. The van der Waals surface area contributed by atoms with E-state index in [0.29, 0.717) is 6.04 Å². The third kappa shape index (κ3) is 2.30. The zero-order valence-electron chi connectivity index (χ0n) is 9.81. The lowest BCUT2D eigenvalue weighted by Gasteiger charge is -2.09. The zero-order chi connectivity index (χ0) is 11.0. The first kappa shape index (κ1) is 10.3. The molecule has 2 saturated carbocycles. The SMILES string of the molecule is NC(CCC1CC1c1ccccc1)C1CC1. The average molecular weight is 215 g/mol. The van der Waals surface area contributed by atoms with Crippen LogP contribution in [0.1, 0.15) is 43.6 Å². The van der Waals surface area contributed by atoms with Gasteiger partial charge in [0.05, 0.1) is 0 Å². The van der Waals surface area contributed by atoms with Crippen LogP contribution in [0.15, 0.2) is 30.3 Å². The van der Waals surface area contributed by atoms with Gasteiger partial charge in [0.25, 0.3) is 0 Å². The lowest BCUT2D eigenvalue weighted by atomic mass is 10.0. The second-order valence-corrected chi connectivity index (χ2v) is 5.59. The van der Waals surface area contributed by atoms with Crippen molar-refractivity contribution in [1.82, 2.24) is 0 Å². The lowest BCUT2D eigenvalue weighted by molar-refractivity contribution is 0.504. The molecule has 3 atom stereocenters. The fourth-order valence-corrected chi connectivity index (χ4v) is 2.84. The molecule has 1 aromatic rings. The van der Waals surface area contributed by atoms with E-state index in [0.717, 1.165) is 17.8 Å². The molecule has 1 aromatic carbocycles. The van der Waals surface area contributed by atoms with Crippen molar-refractivity contribution in [2.24, 2.45) is 17.6 Å². The molecule has 3 unspecified atom stereocenters. The Morgan fingerprint density at radius 3 is 2.62 bits per heavy atom. The first-order valence-electron chi connectivity index (χ1n) is 6.65. The summed E-state index contributed by atoms with van der Waals surface area (Å²) in [6, 6.07) is 11.4. The minimum Gasteiger partial charge on any atom is -0.327 e. The fraction of sp³-hybridized carbons (Fsp3) is 0.600. The van der Waals surface area contributed by atoms with E-state index in [-0.39, 0.29) is 0 Å². The number of hydrogen-bond acceptors (Lipinski definition) is 1. The topological polar surface area (TPSA) is 26.0 Å². The van der Waals surface area contributed by atoms with Crippen molar-refractivity contribution in [2.45, 2.75) is 44.1 Å². The largest absolute Gasteiger partial charge is 0.327 e. The van der Waals surface area contributed by atoms with Crippen LogP contribution >= 0.6 is 0 Å². The summed E-state index contributed by atoms with van der Waals surface area (Å²) >= 11 is 0. The molecule has 2 N–H and O–H groups in total. The Kier molecular flexibility index (Phi) is 2.72. The molecule has 3 rings (SSSR count). The first-order chi connectivity index (χ1) is 7.84. The van der Waals surface area contributed by atoms with E-state index >= 15 is 0 Å². The number of benzene rings is 1. The molecule has 0 saturated heterocycles. The van der Waals surface area contributed by atoms with Crippen molar-refractivity contribution in [3.8, 4) is 0 Å². The highest BCUT2D eigenvalue weighted by Crippen LogP contribution is 2.50. The van der Waals surface area contributed by atoms with E-state index in [2.05, 4.69) is 30.3 Å². The van der Waals surface area contributed by atoms with Gasteiger partial charge in [-0.25, -0.2) is 0 Å². The van der Waals surface area contributed by atoms with Crippen LogP contribution in [0, 0.1) is 11.8 Å². The maximum absolute atomic E-state index is 6.14. The third-order valence-corrected chi connectivity index (χ3v) is 4.25. The van der Waals surface area contributed by atoms with Crippen LogP contribution in [0.4, 0.5) is 0 Å². The molecular formula is C15H21N. The molecule has 2 fully saturated rings. The predicted molar refractivity (Wildman–Crippen MR) is 67.2 cm³/mol. The van der Waals surface area contributed by atoms with Crippen molar-refractivity contribution in [1.29, 1.82) is 0 Å². The molecule has 0 bridgehead atoms. The van der Waals surface area contributed by atoms with Crippen LogP contribution in [0.2, 0.25) is 0 Å². The molecule has 2 aliphatic carbocycles. The second kappa shape index (κ2) is 4.21. The molecule has 0 amide bonds. The van der Waals surface area contributed by atoms with Gasteiger partial charge < -0.3 is 5.73 Å². The van der Waals surface area contributed by atoms with E-state index in [1.54, 1.807) is 0 Å². The van der Waals surface area contributed by atoms with Gasteiger partial charge in [-0.2, -0.15) is 0 Å². The maximum atomic E-state index is 6.14. The quantitative estimate of drug-likeness (QED) is 0.801. The Labute approximate surface area is 98.0 Å². The van der Waals surface area contributed by atoms with Gasteiger partial charge in [0.2, 0.25) is 0 Å². The molecule has 0 aliphatic heterocycles. The molecule has 16 heavy (non-hydrogen) atoms. The smallest absolute Gasteiger partial charge is 0.00672 e. The fourth-order valence-electron chi connectivity index (χ4n) is 2.84. The predicted octanol–water partition coefficient (Wildman–Crippen LogP) is 3.31. The Balaban J connectivity index is 1.45. The van der Waals surface area contributed by atoms with Crippen molar-refractivity contribution in [2.75, 3.05) is 0 Å². The van der Waals surface area contributed by atoms with Crippen LogP contribution in [0.5, 0.6) is 0 Å². The summed E-state index contributed by atoms with van der Waals surface area (Å²) in [5.41, 5.74) is 7.67. The molecule has 0 spiro atoms. The minimum absolute atomic E-state index is 0.497. The number of rotatable bonds is 5. The van der Waals surface area contributed by atoms with Crippen molar-refractivity contribution >= 4 is 0 Å². The highest BCUT2D eigenvalue weighted by molar-refractivity contribution is 5.25. The summed E-state index contributed by atoms with van der Waals surface area (Å²) in [5.74, 6) is 2.63. The Hall–Kier alpha value is -0.820. The summed E-state index contributed by atoms with van der Waals surface area (Å²) in [6.45, 7) is 0. The molecule has 0 heterocycles. The molecular weight excluding hydrogens is 194 g/mol. The van der Waals surface area contributed by atoms with Crippen LogP contribution in [-0.4, -0.2) is 6.04 Å². The minimum atomic E-state index is 0.497. The number of nitrogens with two attached hydrogens (primary N) is 1. The van der Waals surface area contributed by atoms with Gasteiger partial charge in [0.15, 0.2) is 0 Å². The third-order valence-electron chi connectivity index (χ3n) is 4.25. The van der Waals surface area contributed by atoms with Crippen molar-refractivity contribution in [3.05, 3.63) is 35.9 Å². The Bertz CT molecular complexity index is 342. The molecule has 86 valence electrons. The van der Waals surface area contributed by atoms with Crippen LogP contribution in [0.25, 0.3) is 0 Å². The van der Waals surface area contributed by atoms with E-state index < -0.39 is 0 Å². The second-order valence-electron chi connectivity index (χ2n) is 5.59. The lowest BCUT2D eigenvalue weighted by Crippen LogP contribution is -2.22. The van der Waals surface area contributed by atoms with Crippen molar-refractivity contribution < 1.29 is 0 Å². The first-order valence-corrected chi connectivity index (χ1v) is 6.65. The zero-order valence-corrected chi connectivity index (χ0v) is 9.81. The van der Waals surface area contributed by atoms with Crippen LogP contribution in [-0.2, 0) is 0 Å². The molecule has 1 heteroatoms. The van der Waals surface area contributed by atoms with Crippen LogP contribution in [0.3, 0.4) is 0 Å². The Morgan fingerprint density at radius 2 is 1.94 bits per heavy atom. The van der Waals surface area contributed by atoms with Crippen molar-refractivity contribution in [3.63, 3.8) is 0 Å². The molecule has 0 aromatic heterocycles. The summed E-state index contributed by atoms with van der Waals surface area (Å²) in [6.07, 6.45) is 6.75. The highest BCUT2D eigenvalue weighted by Gasteiger charge is 2.38. The average Bonchev–Trinajstić information content (AvgIpc) is 3.18. The molecule has 2 aliphatic rings. The summed E-state index contributed by atoms with van der Waals surface area (Å²) in [5, 5.41) is 0. The van der Waals surface area contributed by atoms with Gasteiger partial charge in [-0.1, -0.05) is 30.3 Å². The van der Waals surface area contributed by atoms with Gasteiger partial charge in [-0.05, 0) is 55.4 Å². The summed E-state index contributed by atoms with van der Waals surface area (Å²) in [7, 11) is 0. The van der Waals surface area contributed by atoms with E-state index in [9.17, 15) is 0 Å². The standard InChI is InChI=1S/C15H21N/c16-15(12-6-7-12)9-8-13-10-14(13)11-4-2-1-3-5-11/h1-5,12-15H,6-10,16H2. The monoisotopic (exact) mass is 215 g/mol. The van der Waals surface area contributed by atoms with E-state index in [4.69, 9.17) is 5.73 Å². The van der Waals surface area contributed by atoms with Crippen LogP contribution < -0.4 is 5.73 Å². The maximum Gasteiger partial charge on any atom is 0.00672 e. The van der Waals surface area contributed by atoms with E-state index in [1.165, 1.54) is 37.7 Å². The van der Waals surface area contributed by atoms with Gasteiger partial charge in [0, 0.05) is 6.04 Å². The highest BCUT2D eigenvalue weighted by atomic mass is 14.7. The van der Waals surface area contributed by atoms with Gasteiger partial charge in [-0.3, -0.25) is 0 Å². The summed E-state index contributed by atoms with van der Waals surface area (Å²) < 4.78 is 0.